The van der Waals surface area contributed by atoms with E-state index < -0.39 is 0 Å². The van der Waals surface area contributed by atoms with Crippen molar-refractivity contribution in [3.63, 3.8) is 0 Å². The van der Waals surface area contributed by atoms with E-state index in [0.29, 0.717) is 18.7 Å². The van der Waals surface area contributed by atoms with Crippen molar-refractivity contribution in [2.75, 3.05) is 6.61 Å². The van der Waals surface area contributed by atoms with Gasteiger partial charge in [0.1, 0.15) is 11.3 Å². The van der Waals surface area contributed by atoms with Gasteiger partial charge in [0, 0.05) is 18.0 Å². The van der Waals surface area contributed by atoms with Gasteiger partial charge in [-0.15, -0.1) is 5.92 Å². The average molecular weight is 335 g/mol. The van der Waals surface area contributed by atoms with Crippen LogP contribution in [0.25, 0.3) is 16.8 Å². The van der Waals surface area contributed by atoms with Crippen LogP contribution in [0.5, 0.6) is 5.75 Å². The number of unbranched alkanes of at least 4 members (excludes halogenated alkanes) is 1. The SMILES string of the molecule is CC#CCn1ccn2nc(-c3ccccc3OCCCC)cc2c1=O. The fourth-order valence-corrected chi connectivity index (χ4v) is 2.58. The highest BCUT2D eigenvalue weighted by molar-refractivity contribution is 5.71. The van der Waals surface area contributed by atoms with E-state index in [1.807, 2.05) is 24.3 Å². The van der Waals surface area contributed by atoms with Gasteiger partial charge in [-0.25, -0.2) is 4.52 Å². The Balaban J connectivity index is 2.01. The third kappa shape index (κ3) is 3.58. The average Bonchev–Trinajstić information content (AvgIpc) is 3.07. The fraction of sp³-hybridized carbons (Fsp3) is 0.300. The van der Waals surface area contributed by atoms with Crippen molar-refractivity contribution in [2.45, 2.75) is 33.2 Å². The van der Waals surface area contributed by atoms with E-state index in [1.54, 1.807) is 34.5 Å². The van der Waals surface area contributed by atoms with Crippen LogP contribution < -0.4 is 10.3 Å². The Bertz CT molecular complexity index is 989. The van der Waals surface area contributed by atoms with Crippen molar-refractivity contribution in [3.05, 3.63) is 53.1 Å². The summed E-state index contributed by atoms with van der Waals surface area (Å²) in [5, 5.41) is 4.54. The van der Waals surface area contributed by atoms with Gasteiger partial charge in [0.15, 0.2) is 0 Å². The van der Waals surface area contributed by atoms with Gasteiger partial charge in [0.2, 0.25) is 0 Å². The molecule has 5 heteroatoms. The van der Waals surface area contributed by atoms with Crippen LogP contribution in [0, 0.1) is 11.8 Å². The topological polar surface area (TPSA) is 48.5 Å². The smallest absolute Gasteiger partial charge is 0.277 e. The van der Waals surface area contributed by atoms with Crippen molar-refractivity contribution >= 4 is 5.52 Å². The highest BCUT2D eigenvalue weighted by Crippen LogP contribution is 2.29. The number of fused-ring (bicyclic) bond motifs is 1. The Morgan fingerprint density at radius 2 is 2.08 bits per heavy atom. The Hall–Kier alpha value is -3.00. The lowest BCUT2D eigenvalue weighted by molar-refractivity contribution is 0.310. The van der Waals surface area contributed by atoms with Crippen molar-refractivity contribution in [3.8, 4) is 28.8 Å². The number of ether oxygens (including phenoxy) is 1. The summed E-state index contributed by atoms with van der Waals surface area (Å²) in [4.78, 5) is 12.6. The zero-order valence-electron chi connectivity index (χ0n) is 14.5. The second kappa shape index (κ2) is 7.71. The highest BCUT2D eigenvalue weighted by atomic mass is 16.5. The standard InChI is InChI=1S/C20H21N3O2/c1-3-5-11-22-12-13-23-18(20(22)24)15-17(21-23)16-9-7-8-10-19(16)25-14-6-4-2/h7-10,12-13,15H,4,6,11,14H2,1-2H3. The molecule has 0 atom stereocenters. The summed E-state index contributed by atoms with van der Waals surface area (Å²) in [5.41, 5.74) is 2.04. The number of nitrogens with zero attached hydrogens (tertiary/aromatic N) is 3. The van der Waals surface area contributed by atoms with Gasteiger partial charge < -0.3 is 9.30 Å². The van der Waals surface area contributed by atoms with Crippen LogP contribution in [0.3, 0.4) is 0 Å². The van der Waals surface area contributed by atoms with E-state index in [0.717, 1.165) is 29.8 Å². The summed E-state index contributed by atoms with van der Waals surface area (Å²) < 4.78 is 9.08. The first kappa shape index (κ1) is 16.8. The fourth-order valence-electron chi connectivity index (χ4n) is 2.58. The van der Waals surface area contributed by atoms with Gasteiger partial charge in [-0.3, -0.25) is 4.79 Å². The third-order valence-corrected chi connectivity index (χ3v) is 3.95. The first-order valence-corrected chi connectivity index (χ1v) is 8.45. The molecule has 0 unspecified atom stereocenters. The molecule has 0 aliphatic rings. The van der Waals surface area contributed by atoms with Gasteiger partial charge in [0.25, 0.3) is 5.56 Å². The van der Waals surface area contributed by atoms with Gasteiger partial charge in [-0.1, -0.05) is 31.4 Å². The molecule has 0 bridgehead atoms. The number of hydrogen-bond donors (Lipinski definition) is 0. The summed E-state index contributed by atoms with van der Waals surface area (Å²) in [7, 11) is 0. The summed E-state index contributed by atoms with van der Waals surface area (Å²) in [6.07, 6.45) is 5.57. The van der Waals surface area contributed by atoms with E-state index in [-0.39, 0.29) is 5.56 Å². The predicted molar refractivity (Wildman–Crippen MR) is 98.7 cm³/mol. The molecule has 0 amide bonds. The molecule has 5 nitrogen and oxygen atoms in total. The number of rotatable bonds is 6. The van der Waals surface area contributed by atoms with Crippen molar-refractivity contribution < 1.29 is 4.74 Å². The normalized spacial score (nSPS) is 10.5. The van der Waals surface area contributed by atoms with Crippen LogP contribution in [0.15, 0.2) is 47.5 Å². The molecule has 0 saturated carbocycles. The molecule has 0 fully saturated rings. The molecule has 0 spiro atoms. The molecular formula is C20H21N3O2. The quantitative estimate of drug-likeness (QED) is 0.513. The van der Waals surface area contributed by atoms with Crippen molar-refractivity contribution in [2.24, 2.45) is 0 Å². The van der Waals surface area contributed by atoms with Crippen LogP contribution in [0.1, 0.15) is 26.7 Å². The van der Waals surface area contributed by atoms with Gasteiger partial charge in [0.05, 0.1) is 18.8 Å². The molecule has 0 aliphatic carbocycles. The van der Waals surface area contributed by atoms with Crippen LogP contribution in [0.2, 0.25) is 0 Å². The molecule has 0 aliphatic heterocycles. The summed E-state index contributed by atoms with van der Waals surface area (Å²) >= 11 is 0. The molecule has 0 saturated heterocycles. The van der Waals surface area contributed by atoms with Gasteiger partial charge in [-0.05, 0) is 31.5 Å². The van der Waals surface area contributed by atoms with Crippen molar-refractivity contribution in [1.29, 1.82) is 0 Å². The van der Waals surface area contributed by atoms with Gasteiger partial charge >= 0.3 is 0 Å². The number of hydrogen-bond acceptors (Lipinski definition) is 3. The minimum atomic E-state index is -0.103. The third-order valence-electron chi connectivity index (χ3n) is 3.95. The number of benzene rings is 1. The first-order chi connectivity index (χ1) is 12.2. The lowest BCUT2D eigenvalue weighted by atomic mass is 10.1. The second-order valence-corrected chi connectivity index (χ2v) is 5.72. The molecule has 3 aromatic rings. The maximum atomic E-state index is 12.6. The van der Waals surface area contributed by atoms with Crippen molar-refractivity contribution in [1.82, 2.24) is 14.2 Å². The predicted octanol–water partition coefficient (Wildman–Crippen LogP) is 3.37. The minimum absolute atomic E-state index is 0.103. The molecule has 2 heterocycles. The summed E-state index contributed by atoms with van der Waals surface area (Å²) in [5.74, 6) is 6.50. The van der Waals surface area contributed by atoms with Gasteiger partial charge in [-0.2, -0.15) is 5.10 Å². The Labute approximate surface area is 146 Å². The minimum Gasteiger partial charge on any atom is -0.493 e. The van der Waals surface area contributed by atoms with Crippen LogP contribution in [-0.4, -0.2) is 20.8 Å². The van der Waals surface area contributed by atoms with E-state index in [4.69, 9.17) is 4.74 Å². The maximum Gasteiger partial charge on any atom is 0.277 e. The monoisotopic (exact) mass is 335 g/mol. The lowest BCUT2D eigenvalue weighted by Gasteiger charge is -2.09. The van der Waals surface area contributed by atoms with E-state index in [1.165, 1.54) is 0 Å². The Morgan fingerprint density at radius 1 is 1.24 bits per heavy atom. The molecule has 2 aromatic heterocycles. The molecule has 3 rings (SSSR count). The molecule has 25 heavy (non-hydrogen) atoms. The van der Waals surface area contributed by atoms with Crippen LogP contribution in [-0.2, 0) is 6.54 Å². The molecule has 1 aromatic carbocycles. The number of aromatic nitrogens is 3. The molecule has 128 valence electrons. The Morgan fingerprint density at radius 3 is 2.88 bits per heavy atom. The lowest BCUT2D eigenvalue weighted by Crippen LogP contribution is -2.20. The van der Waals surface area contributed by atoms with E-state index >= 15 is 0 Å². The number of para-hydroxylation sites is 1. The maximum absolute atomic E-state index is 12.6. The Kier molecular flexibility index (Phi) is 5.20. The molecule has 0 radical (unpaired) electrons. The zero-order valence-corrected chi connectivity index (χ0v) is 14.5. The second-order valence-electron chi connectivity index (χ2n) is 5.72. The zero-order chi connectivity index (χ0) is 17.6. The summed E-state index contributed by atoms with van der Waals surface area (Å²) in [6, 6.07) is 9.59. The van der Waals surface area contributed by atoms with E-state index in [9.17, 15) is 4.79 Å². The summed E-state index contributed by atoms with van der Waals surface area (Å²) in [6.45, 7) is 4.94. The van der Waals surface area contributed by atoms with Crippen LogP contribution >= 0.6 is 0 Å². The first-order valence-electron chi connectivity index (χ1n) is 8.45. The van der Waals surface area contributed by atoms with E-state index in [2.05, 4.69) is 23.9 Å². The van der Waals surface area contributed by atoms with Crippen LogP contribution in [0.4, 0.5) is 0 Å². The molecule has 0 N–H and O–H groups in total. The largest absolute Gasteiger partial charge is 0.493 e. The molecular weight excluding hydrogens is 314 g/mol. The highest BCUT2D eigenvalue weighted by Gasteiger charge is 2.12.